The van der Waals surface area contributed by atoms with Crippen molar-refractivity contribution in [1.82, 2.24) is 0 Å². The molecule has 0 amide bonds. The molecule has 300 valence electrons. The number of hydrogen-bond acceptors (Lipinski definition) is 7. The summed E-state index contributed by atoms with van der Waals surface area (Å²) in [5, 5.41) is 73.0. The Morgan fingerprint density at radius 3 is 0.947 bits per heavy atom. The van der Waals surface area contributed by atoms with E-state index in [9.17, 15) is 30.6 Å². The van der Waals surface area contributed by atoms with Gasteiger partial charge < -0.3 is 35.5 Å². The van der Waals surface area contributed by atoms with Crippen LogP contribution in [-0.4, -0.2) is 30.6 Å². The first-order chi connectivity index (χ1) is 26.2. The van der Waals surface area contributed by atoms with Gasteiger partial charge in [-0.3, -0.25) is 0 Å². The predicted octanol–water partition coefficient (Wildman–Crippen LogP) is 13.4. The van der Waals surface area contributed by atoms with Crippen molar-refractivity contribution >= 4 is 48.9 Å². The summed E-state index contributed by atoms with van der Waals surface area (Å²) in [6.07, 6.45) is 0. The lowest BCUT2D eigenvalue weighted by atomic mass is 9.59. The van der Waals surface area contributed by atoms with Gasteiger partial charge in [0.2, 0.25) is 0 Å². The molecule has 2 aliphatic rings. The van der Waals surface area contributed by atoms with Crippen molar-refractivity contribution in [2.45, 2.75) is 105 Å². The number of fused-ring (bicyclic) bond motifs is 2. The van der Waals surface area contributed by atoms with E-state index in [4.69, 9.17) is 0 Å². The van der Waals surface area contributed by atoms with E-state index in [1.165, 1.54) is 0 Å². The van der Waals surface area contributed by atoms with Crippen LogP contribution in [0.25, 0.3) is 22.3 Å². The van der Waals surface area contributed by atoms with E-state index in [1.807, 2.05) is 121 Å². The van der Waals surface area contributed by atoms with E-state index in [-0.39, 0.29) is 34.1 Å². The lowest BCUT2D eigenvalue weighted by Gasteiger charge is -2.44. The van der Waals surface area contributed by atoms with Gasteiger partial charge in [0.15, 0.2) is 23.0 Å². The van der Waals surface area contributed by atoms with E-state index >= 15 is 0 Å². The highest BCUT2D eigenvalue weighted by atomic mass is 79.9. The third-order valence-corrected chi connectivity index (χ3v) is 16.6. The molecule has 57 heavy (non-hydrogen) atoms. The second kappa shape index (κ2) is 12.6. The number of phenolic OH excluding ortho intramolecular Hbond substituents is 6. The van der Waals surface area contributed by atoms with E-state index in [0.717, 1.165) is 20.3 Å². The second-order valence-corrected chi connectivity index (χ2v) is 21.0. The van der Waals surface area contributed by atoms with Crippen LogP contribution >= 0.6 is 31.9 Å². The van der Waals surface area contributed by atoms with Crippen LogP contribution in [0.2, 0.25) is 0 Å². The molecule has 0 bridgehead atoms. The third kappa shape index (κ3) is 5.26. The molecule has 5 aromatic rings. The van der Waals surface area contributed by atoms with E-state index in [0.29, 0.717) is 39.1 Å². The minimum absolute atomic E-state index is 0.00875. The van der Waals surface area contributed by atoms with Crippen LogP contribution in [0.1, 0.15) is 105 Å². The minimum atomic E-state index is -0.648. The molecular weight excluding hydrogens is 846 g/mol. The fraction of sp³-hybridized carbons (Fsp3) is 0.375. The molecule has 0 spiro atoms. The highest BCUT2D eigenvalue weighted by Crippen LogP contribution is 2.70. The summed E-state index contributed by atoms with van der Waals surface area (Å²) >= 11 is 7.12. The highest BCUT2D eigenvalue weighted by Gasteiger charge is 2.61. The standard InChI is InChI=1S/C48H53Br2NO6/c1-43(2)33-35(45(5,6)47(43,9)10)41(56)39(54)31(37(33)52)24-21-25(32-38(53)34-36(42(57)40(32)55)46(7,8)48(11,12)44(34,3)4)23-30(22-24)51(28-17-13-26(49)14-18-28)29-19-15-27(50)16-20-29/h13-23,52-57H,1-12H3. The molecule has 0 saturated carbocycles. The van der Waals surface area contributed by atoms with Crippen LogP contribution < -0.4 is 4.90 Å². The van der Waals surface area contributed by atoms with Crippen molar-refractivity contribution in [3.63, 3.8) is 0 Å². The van der Waals surface area contributed by atoms with Crippen LogP contribution in [0.4, 0.5) is 17.1 Å². The number of hydrogen-bond donors (Lipinski definition) is 6. The van der Waals surface area contributed by atoms with Gasteiger partial charge in [-0.2, -0.15) is 0 Å². The monoisotopic (exact) mass is 897 g/mol. The van der Waals surface area contributed by atoms with Crippen molar-refractivity contribution in [1.29, 1.82) is 0 Å². The summed E-state index contributed by atoms with van der Waals surface area (Å²) in [5.41, 5.74) is 1.32. The smallest absolute Gasteiger partial charge is 0.169 e. The number of anilines is 3. The first kappa shape index (κ1) is 40.8. The molecule has 0 heterocycles. The number of phenols is 6. The molecule has 0 saturated heterocycles. The molecule has 0 radical (unpaired) electrons. The number of halogens is 2. The molecular formula is C48H53Br2NO6. The van der Waals surface area contributed by atoms with Crippen molar-refractivity contribution in [2.24, 2.45) is 10.8 Å². The van der Waals surface area contributed by atoms with Gasteiger partial charge in [0.05, 0.1) is 11.1 Å². The lowest BCUT2D eigenvalue weighted by molar-refractivity contribution is 0.122. The Hall–Kier alpha value is -4.34. The van der Waals surface area contributed by atoms with Crippen LogP contribution in [-0.2, 0) is 21.7 Å². The first-order valence-electron chi connectivity index (χ1n) is 19.3. The maximum atomic E-state index is 12.5. The molecule has 0 atom stereocenters. The quantitative estimate of drug-likeness (QED) is 0.0767. The number of aromatic hydroxyl groups is 6. The van der Waals surface area contributed by atoms with E-state index in [2.05, 4.69) is 59.6 Å². The predicted molar refractivity (Wildman–Crippen MR) is 237 cm³/mol. The largest absolute Gasteiger partial charge is 0.507 e. The fourth-order valence-electron chi connectivity index (χ4n) is 9.87. The molecule has 0 unspecified atom stereocenters. The van der Waals surface area contributed by atoms with E-state index < -0.39 is 44.0 Å². The van der Waals surface area contributed by atoms with Crippen molar-refractivity contribution < 1.29 is 30.6 Å². The van der Waals surface area contributed by atoms with Gasteiger partial charge in [0.25, 0.3) is 0 Å². The Labute approximate surface area is 352 Å². The maximum absolute atomic E-state index is 12.5. The lowest BCUT2D eigenvalue weighted by Crippen LogP contribution is -2.42. The van der Waals surface area contributed by atoms with Gasteiger partial charge in [-0.15, -0.1) is 0 Å². The summed E-state index contributed by atoms with van der Waals surface area (Å²) in [6.45, 7) is 24.6. The Balaban J connectivity index is 1.63. The highest BCUT2D eigenvalue weighted by molar-refractivity contribution is 9.10. The Morgan fingerprint density at radius 2 is 0.649 bits per heavy atom. The van der Waals surface area contributed by atoms with Crippen LogP contribution in [0.5, 0.6) is 34.5 Å². The zero-order chi connectivity index (χ0) is 42.3. The van der Waals surface area contributed by atoms with Gasteiger partial charge in [0.1, 0.15) is 11.5 Å². The van der Waals surface area contributed by atoms with Crippen LogP contribution in [0.15, 0.2) is 75.7 Å². The third-order valence-electron chi connectivity index (χ3n) is 15.5. The number of nitrogens with zero attached hydrogens (tertiary/aromatic N) is 1. The SMILES string of the molecule is CC1(C)c2c(O)c(O)c(-c3cc(-c4c(O)c(O)c5c(c4O)C(C)(C)C(C)(C)C5(C)C)cc(N(c4ccc(Br)cc4)c4ccc(Br)cc4)c3)c(O)c2C(C)(C)C1(C)C. The summed E-state index contributed by atoms with van der Waals surface area (Å²) in [5.74, 6) is -1.91. The van der Waals surface area contributed by atoms with Crippen molar-refractivity contribution in [2.75, 3.05) is 4.90 Å². The Morgan fingerprint density at radius 1 is 0.368 bits per heavy atom. The average molecular weight is 900 g/mol. The maximum Gasteiger partial charge on any atom is 0.169 e. The zero-order valence-corrected chi connectivity index (χ0v) is 37.9. The molecule has 0 aliphatic heterocycles. The summed E-state index contributed by atoms with van der Waals surface area (Å²) in [6, 6.07) is 20.8. The Kier molecular flexibility index (Phi) is 9.01. The molecule has 2 aliphatic carbocycles. The van der Waals surface area contributed by atoms with Crippen LogP contribution in [0, 0.1) is 10.8 Å². The summed E-state index contributed by atoms with van der Waals surface area (Å²) in [7, 11) is 0. The Bertz CT molecular complexity index is 2330. The molecule has 0 aromatic heterocycles. The average Bonchev–Trinajstić information content (AvgIpc) is 3.31. The second-order valence-electron chi connectivity index (χ2n) is 19.1. The number of benzene rings is 5. The minimum Gasteiger partial charge on any atom is -0.507 e. The van der Waals surface area contributed by atoms with Gasteiger partial charge >= 0.3 is 0 Å². The zero-order valence-electron chi connectivity index (χ0n) is 34.7. The summed E-state index contributed by atoms with van der Waals surface area (Å²) in [4.78, 5) is 1.99. The molecule has 6 N–H and O–H groups in total. The van der Waals surface area contributed by atoms with Gasteiger partial charge in [-0.1, -0.05) is 115 Å². The number of rotatable bonds is 5. The molecule has 5 aromatic carbocycles. The van der Waals surface area contributed by atoms with Gasteiger partial charge in [0, 0.05) is 48.3 Å². The first-order valence-corrected chi connectivity index (χ1v) is 20.9. The van der Waals surface area contributed by atoms with Gasteiger partial charge in [-0.05, 0) is 110 Å². The molecule has 7 nitrogen and oxygen atoms in total. The molecule has 9 heteroatoms. The molecule has 7 rings (SSSR count). The molecule has 0 fully saturated rings. The van der Waals surface area contributed by atoms with E-state index in [1.54, 1.807) is 6.07 Å². The van der Waals surface area contributed by atoms with Crippen molar-refractivity contribution in [3.8, 4) is 56.8 Å². The van der Waals surface area contributed by atoms with Crippen LogP contribution in [0.3, 0.4) is 0 Å². The van der Waals surface area contributed by atoms with Gasteiger partial charge in [-0.25, -0.2) is 0 Å². The fourth-order valence-corrected chi connectivity index (χ4v) is 10.4. The normalized spacial score (nSPS) is 18.9. The topological polar surface area (TPSA) is 125 Å². The van der Waals surface area contributed by atoms with Crippen molar-refractivity contribution in [3.05, 3.63) is 97.9 Å². The summed E-state index contributed by atoms with van der Waals surface area (Å²) < 4.78 is 1.76.